The molecule has 1 heterocycles. The van der Waals surface area contributed by atoms with Gasteiger partial charge in [0.2, 0.25) is 24.1 Å². The van der Waals surface area contributed by atoms with E-state index in [0.29, 0.717) is 6.41 Å². The van der Waals surface area contributed by atoms with Crippen molar-refractivity contribution in [2.75, 3.05) is 13.1 Å². The van der Waals surface area contributed by atoms with Gasteiger partial charge in [-0.15, -0.1) is 0 Å². The fourth-order valence-corrected chi connectivity index (χ4v) is 2.35. The van der Waals surface area contributed by atoms with E-state index in [1.54, 1.807) is 0 Å². The molecule has 0 spiro atoms. The van der Waals surface area contributed by atoms with Gasteiger partial charge in [-0.25, -0.2) is 0 Å². The number of carbonyl (C=O) groups is 4. The van der Waals surface area contributed by atoms with Crippen LogP contribution in [0.2, 0.25) is 0 Å². The summed E-state index contributed by atoms with van der Waals surface area (Å²) in [5.41, 5.74) is 6.66. The quantitative estimate of drug-likeness (QED) is 0.354. The van der Waals surface area contributed by atoms with Gasteiger partial charge in [-0.3, -0.25) is 19.2 Å². The highest BCUT2D eigenvalue weighted by Crippen LogP contribution is 2.15. The van der Waals surface area contributed by atoms with Crippen LogP contribution >= 0.6 is 0 Å². The number of fused-ring (bicyclic) bond motifs is 1. The van der Waals surface area contributed by atoms with Crippen molar-refractivity contribution < 1.29 is 19.2 Å². The number of amides is 4. The van der Waals surface area contributed by atoms with E-state index in [0.717, 1.165) is 16.6 Å². The number of nitrogens with two attached hydrogens (primary N) is 1. The smallest absolute Gasteiger partial charge is 0.243 e. The lowest BCUT2D eigenvalue weighted by atomic mass is 10.1. The summed E-state index contributed by atoms with van der Waals surface area (Å²) in [4.78, 5) is 48.3. The van der Waals surface area contributed by atoms with Gasteiger partial charge in [0.1, 0.15) is 6.04 Å². The first kappa shape index (κ1) is 18.0. The third kappa shape index (κ3) is 5.34. The van der Waals surface area contributed by atoms with Crippen molar-refractivity contribution in [3.8, 4) is 0 Å². The molecule has 2 aromatic rings. The zero-order valence-corrected chi connectivity index (χ0v) is 13.4. The second-order valence-electron chi connectivity index (χ2n) is 5.39. The van der Waals surface area contributed by atoms with Gasteiger partial charge in [0, 0.05) is 17.6 Å². The molecule has 0 saturated carbocycles. The van der Waals surface area contributed by atoms with Crippen LogP contribution in [0.3, 0.4) is 0 Å². The van der Waals surface area contributed by atoms with Gasteiger partial charge in [-0.1, -0.05) is 18.2 Å². The zero-order valence-electron chi connectivity index (χ0n) is 13.4. The van der Waals surface area contributed by atoms with Gasteiger partial charge in [0.05, 0.1) is 13.1 Å². The number of para-hydroxylation sites is 1. The summed E-state index contributed by atoms with van der Waals surface area (Å²) in [6.07, 6.45) is 0.575. The summed E-state index contributed by atoms with van der Waals surface area (Å²) in [6, 6.07) is 8.54. The Balaban J connectivity index is 2.11. The van der Waals surface area contributed by atoms with Crippen LogP contribution in [-0.2, 0) is 25.6 Å². The third-order valence-corrected chi connectivity index (χ3v) is 3.44. The summed E-state index contributed by atoms with van der Waals surface area (Å²) in [7, 11) is 0. The van der Waals surface area contributed by atoms with E-state index in [-0.39, 0.29) is 19.5 Å². The highest BCUT2D eigenvalue weighted by atomic mass is 16.2. The van der Waals surface area contributed by atoms with E-state index in [4.69, 9.17) is 5.73 Å². The molecule has 1 aromatic carbocycles. The molecule has 0 bridgehead atoms. The molecule has 9 nitrogen and oxygen atoms in total. The topological polar surface area (TPSA) is 146 Å². The Bertz CT molecular complexity index is 753. The molecule has 25 heavy (non-hydrogen) atoms. The van der Waals surface area contributed by atoms with Crippen LogP contribution in [0, 0.1) is 0 Å². The Kier molecular flexibility index (Phi) is 6.10. The fraction of sp³-hybridized carbons (Fsp3) is 0.250. The summed E-state index contributed by atoms with van der Waals surface area (Å²) >= 11 is 0. The molecule has 0 saturated heterocycles. The number of H-pyrrole nitrogens is 1. The molecule has 2 rings (SSSR count). The van der Waals surface area contributed by atoms with E-state index < -0.39 is 23.8 Å². The Morgan fingerprint density at radius 2 is 1.96 bits per heavy atom. The maximum Gasteiger partial charge on any atom is 0.243 e. The van der Waals surface area contributed by atoms with Crippen molar-refractivity contribution >= 4 is 35.0 Å². The number of nitrogens with one attached hydrogen (secondary N) is 4. The number of benzene rings is 1. The van der Waals surface area contributed by atoms with Crippen LogP contribution in [0.1, 0.15) is 5.69 Å². The maximum absolute atomic E-state index is 12.2. The Hall–Kier alpha value is -3.36. The van der Waals surface area contributed by atoms with Crippen LogP contribution in [0.15, 0.2) is 30.3 Å². The molecule has 0 radical (unpaired) electrons. The first-order valence-electron chi connectivity index (χ1n) is 7.58. The van der Waals surface area contributed by atoms with E-state index in [2.05, 4.69) is 20.9 Å². The molecule has 0 aliphatic rings. The zero-order chi connectivity index (χ0) is 18.2. The molecule has 9 heteroatoms. The predicted molar refractivity (Wildman–Crippen MR) is 90.2 cm³/mol. The monoisotopic (exact) mass is 345 g/mol. The molecule has 4 amide bonds. The molecule has 132 valence electrons. The van der Waals surface area contributed by atoms with Gasteiger partial charge in [-0.2, -0.15) is 0 Å². The summed E-state index contributed by atoms with van der Waals surface area (Å²) < 4.78 is 0. The van der Waals surface area contributed by atoms with E-state index in [9.17, 15) is 19.2 Å². The second-order valence-corrected chi connectivity index (χ2v) is 5.39. The lowest BCUT2D eigenvalue weighted by molar-refractivity contribution is -0.129. The van der Waals surface area contributed by atoms with Crippen molar-refractivity contribution in [2.45, 2.75) is 12.5 Å². The average Bonchev–Trinajstić information content (AvgIpc) is 2.99. The highest BCUT2D eigenvalue weighted by Gasteiger charge is 2.22. The van der Waals surface area contributed by atoms with Crippen molar-refractivity contribution in [2.24, 2.45) is 5.73 Å². The lowest BCUT2D eigenvalue weighted by Gasteiger charge is -2.17. The Labute approximate surface area is 143 Å². The number of primary amides is 1. The minimum absolute atomic E-state index is 0.187. The molecule has 0 aliphatic heterocycles. The predicted octanol–water partition coefficient (Wildman–Crippen LogP) is -1.46. The Morgan fingerprint density at radius 1 is 1.20 bits per heavy atom. The Morgan fingerprint density at radius 3 is 2.64 bits per heavy atom. The minimum atomic E-state index is -0.923. The van der Waals surface area contributed by atoms with E-state index in [1.807, 2.05) is 30.3 Å². The highest BCUT2D eigenvalue weighted by molar-refractivity contribution is 5.91. The number of aromatic nitrogens is 1. The van der Waals surface area contributed by atoms with Crippen molar-refractivity contribution in [1.82, 2.24) is 20.9 Å². The third-order valence-electron chi connectivity index (χ3n) is 3.44. The molecule has 0 unspecified atom stereocenters. The number of hydrogen-bond acceptors (Lipinski definition) is 4. The molecule has 0 aliphatic carbocycles. The van der Waals surface area contributed by atoms with Gasteiger partial charge >= 0.3 is 0 Å². The molecular formula is C16H19N5O4. The largest absolute Gasteiger partial charge is 0.368 e. The fourth-order valence-electron chi connectivity index (χ4n) is 2.35. The van der Waals surface area contributed by atoms with Gasteiger partial charge in [0.25, 0.3) is 0 Å². The van der Waals surface area contributed by atoms with E-state index in [1.165, 1.54) is 0 Å². The molecular weight excluding hydrogens is 326 g/mol. The van der Waals surface area contributed by atoms with Crippen LogP contribution in [0.25, 0.3) is 10.9 Å². The molecule has 0 fully saturated rings. The van der Waals surface area contributed by atoms with Crippen LogP contribution in [0.4, 0.5) is 0 Å². The van der Waals surface area contributed by atoms with E-state index >= 15 is 0 Å². The first-order valence-corrected chi connectivity index (χ1v) is 7.58. The molecule has 6 N–H and O–H groups in total. The lowest BCUT2D eigenvalue weighted by Crippen LogP contribution is -2.51. The summed E-state index contributed by atoms with van der Waals surface area (Å²) in [5.74, 6) is -1.76. The van der Waals surface area contributed by atoms with Crippen LogP contribution in [0.5, 0.6) is 0 Å². The van der Waals surface area contributed by atoms with Gasteiger partial charge < -0.3 is 26.7 Å². The molecule has 1 aromatic heterocycles. The van der Waals surface area contributed by atoms with Crippen molar-refractivity contribution in [1.29, 1.82) is 0 Å². The number of rotatable bonds is 9. The van der Waals surface area contributed by atoms with Crippen molar-refractivity contribution in [3.05, 3.63) is 36.0 Å². The number of carbonyl (C=O) groups excluding carboxylic acids is 4. The maximum atomic E-state index is 12.2. The number of aromatic amines is 1. The number of hydrogen-bond donors (Lipinski definition) is 5. The minimum Gasteiger partial charge on any atom is -0.368 e. The van der Waals surface area contributed by atoms with Gasteiger partial charge in [-0.05, 0) is 17.5 Å². The standard InChI is InChI=1S/C16H19N5O4/c17-14(23)7-19-16(25)13(21-15(24)8-18-9-22)6-11-5-10-3-1-2-4-12(10)20-11/h1-5,9,13,20H,6-8H2,(H2,17,23)(H,18,22)(H,19,25)(H,21,24)/t13-/m0/s1. The van der Waals surface area contributed by atoms with Crippen LogP contribution in [-0.4, -0.2) is 48.2 Å². The summed E-state index contributed by atoms with van der Waals surface area (Å²) in [5, 5.41) is 8.09. The summed E-state index contributed by atoms with van der Waals surface area (Å²) in [6.45, 7) is -0.583. The molecule has 1 atom stereocenters. The first-order chi connectivity index (χ1) is 12.0. The van der Waals surface area contributed by atoms with Gasteiger partial charge in [0.15, 0.2) is 0 Å². The van der Waals surface area contributed by atoms with Crippen LogP contribution < -0.4 is 21.7 Å². The second kappa shape index (κ2) is 8.48. The normalized spacial score (nSPS) is 11.5. The average molecular weight is 345 g/mol. The van der Waals surface area contributed by atoms with Crippen molar-refractivity contribution in [3.63, 3.8) is 0 Å². The SMILES string of the molecule is NC(=O)CNC(=O)[C@H](Cc1cc2ccccc2[nH]1)NC(=O)CNC=O.